The SMILES string of the molecule is Cl.Cl.Cl.Clc1ccc(NCc2ccc3n[nH]nc3c2)nc1. The number of halogens is 4. The molecule has 114 valence electrons. The number of hydrogen-bond acceptors (Lipinski definition) is 4. The first-order valence-electron chi connectivity index (χ1n) is 5.46. The zero-order chi connectivity index (χ0) is 12.4. The van der Waals surface area contributed by atoms with Gasteiger partial charge in [-0.15, -0.1) is 37.2 Å². The van der Waals surface area contributed by atoms with E-state index in [0.29, 0.717) is 11.6 Å². The summed E-state index contributed by atoms with van der Waals surface area (Å²) in [5, 5.41) is 14.5. The van der Waals surface area contributed by atoms with Crippen molar-refractivity contribution in [3.63, 3.8) is 0 Å². The monoisotopic (exact) mass is 367 g/mol. The second-order valence-electron chi connectivity index (χ2n) is 3.86. The van der Waals surface area contributed by atoms with Crippen LogP contribution in [0.25, 0.3) is 11.0 Å². The van der Waals surface area contributed by atoms with Crippen molar-refractivity contribution in [1.29, 1.82) is 0 Å². The molecule has 0 aliphatic rings. The van der Waals surface area contributed by atoms with Crippen LogP contribution in [0.15, 0.2) is 36.5 Å². The lowest BCUT2D eigenvalue weighted by atomic mass is 10.2. The van der Waals surface area contributed by atoms with E-state index in [9.17, 15) is 0 Å². The second kappa shape index (κ2) is 8.89. The summed E-state index contributed by atoms with van der Waals surface area (Å²) in [4.78, 5) is 4.17. The van der Waals surface area contributed by atoms with E-state index in [2.05, 4.69) is 25.7 Å². The van der Waals surface area contributed by atoms with Crippen molar-refractivity contribution >= 4 is 65.7 Å². The minimum Gasteiger partial charge on any atom is -0.366 e. The van der Waals surface area contributed by atoms with Crippen LogP contribution >= 0.6 is 48.8 Å². The van der Waals surface area contributed by atoms with E-state index in [0.717, 1.165) is 22.4 Å². The normalized spacial score (nSPS) is 9.19. The number of nitrogens with zero attached hydrogens (tertiary/aromatic N) is 3. The van der Waals surface area contributed by atoms with Gasteiger partial charge in [-0.25, -0.2) is 4.98 Å². The fourth-order valence-electron chi connectivity index (χ4n) is 1.67. The van der Waals surface area contributed by atoms with E-state index in [1.807, 2.05) is 24.3 Å². The van der Waals surface area contributed by atoms with Crippen LogP contribution < -0.4 is 5.32 Å². The molecule has 9 heteroatoms. The van der Waals surface area contributed by atoms with Gasteiger partial charge in [-0.05, 0) is 29.8 Å². The van der Waals surface area contributed by atoms with Crippen LogP contribution in [0.5, 0.6) is 0 Å². The fraction of sp³-hybridized carbons (Fsp3) is 0.0833. The van der Waals surface area contributed by atoms with Gasteiger partial charge in [0.2, 0.25) is 0 Å². The van der Waals surface area contributed by atoms with Crippen LogP contribution in [0.1, 0.15) is 5.56 Å². The molecule has 0 saturated heterocycles. The Balaban J connectivity index is 0.00000133. The molecule has 0 fully saturated rings. The Morgan fingerprint density at radius 1 is 1.00 bits per heavy atom. The maximum absolute atomic E-state index is 5.77. The van der Waals surface area contributed by atoms with Gasteiger partial charge in [-0.3, -0.25) is 0 Å². The number of hydrogen-bond donors (Lipinski definition) is 2. The average Bonchev–Trinajstić information content (AvgIpc) is 2.85. The minimum absolute atomic E-state index is 0. The molecule has 0 spiro atoms. The Bertz CT molecular complexity index is 671. The lowest BCUT2D eigenvalue weighted by Crippen LogP contribution is -2.00. The van der Waals surface area contributed by atoms with Crippen molar-refractivity contribution in [2.75, 3.05) is 5.32 Å². The first-order chi connectivity index (χ1) is 8.81. The number of fused-ring (bicyclic) bond motifs is 1. The highest BCUT2D eigenvalue weighted by Crippen LogP contribution is 2.13. The lowest BCUT2D eigenvalue weighted by molar-refractivity contribution is 0.959. The summed E-state index contributed by atoms with van der Waals surface area (Å²) < 4.78 is 0. The number of aromatic nitrogens is 4. The van der Waals surface area contributed by atoms with Gasteiger partial charge in [0.15, 0.2) is 0 Å². The van der Waals surface area contributed by atoms with E-state index in [1.54, 1.807) is 12.3 Å². The van der Waals surface area contributed by atoms with Gasteiger partial charge in [-0.2, -0.15) is 15.4 Å². The van der Waals surface area contributed by atoms with Crippen LogP contribution in [0.3, 0.4) is 0 Å². The second-order valence-corrected chi connectivity index (χ2v) is 4.30. The van der Waals surface area contributed by atoms with Crippen LogP contribution in [0.4, 0.5) is 5.82 Å². The standard InChI is InChI=1S/C12H10ClN5.3ClH/c13-9-2-4-12(15-7-9)14-6-8-1-3-10-11(5-8)17-18-16-10;;;/h1-5,7H,6H2,(H,14,15)(H,16,17,18);3*1H. The molecule has 0 unspecified atom stereocenters. The molecule has 3 rings (SSSR count). The summed E-state index contributed by atoms with van der Waals surface area (Å²) in [5.41, 5.74) is 2.84. The molecule has 2 heterocycles. The van der Waals surface area contributed by atoms with Crippen LogP contribution in [-0.2, 0) is 6.54 Å². The van der Waals surface area contributed by atoms with Gasteiger partial charge in [-0.1, -0.05) is 17.7 Å². The fourth-order valence-corrected chi connectivity index (χ4v) is 1.78. The van der Waals surface area contributed by atoms with Crippen LogP contribution in [0, 0.1) is 0 Å². The smallest absolute Gasteiger partial charge is 0.126 e. The summed E-state index contributed by atoms with van der Waals surface area (Å²) in [6.07, 6.45) is 1.62. The number of aromatic amines is 1. The molecule has 21 heavy (non-hydrogen) atoms. The van der Waals surface area contributed by atoms with Crippen LogP contribution in [-0.4, -0.2) is 20.4 Å². The number of rotatable bonds is 3. The molecule has 0 aliphatic carbocycles. The van der Waals surface area contributed by atoms with Crippen molar-refractivity contribution in [2.24, 2.45) is 0 Å². The predicted octanol–water partition coefficient (Wildman–Crippen LogP) is 3.88. The number of nitrogens with one attached hydrogen (secondary N) is 2. The van der Waals surface area contributed by atoms with Gasteiger partial charge in [0.05, 0.1) is 5.02 Å². The minimum atomic E-state index is 0. The first kappa shape index (κ1) is 19.7. The Kier molecular flexibility index (Phi) is 8.36. The summed E-state index contributed by atoms with van der Waals surface area (Å²) in [7, 11) is 0. The number of H-pyrrole nitrogens is 1. The molecule has 2 aromatic heterocycles. The van der Waals surface area contributed by atoms with E-state index >= 15 is 0 Å². The van der Waals surface area contributed by atoms with Gasteiger partial charge < -0.3 is 5.32 Å². The van der Waals surface area contributed by atoms with E-state index in [-0.39, 0.29) is 37.2 Å². The van der Waals surface area contributed by atoms with Crippen LogP contribution in [0.2, 0.25) is 5.02 Å². The Hall–Kier alpha value is -1.27. The molecular formula is C12H13Cl4N5. The average molecular weight is 369 g/mol. The van der Waals surface area contributed by atoms with E-state index in [1.165, 1.54) is 0 Å². The van der Waals surface area contributed by atoms with Gasteiger partial charge in [0, 0.05) is 12.7 Å². The molecule has 0 saturated carbocycles. The highest BCUT2D eigenvalue weighted by Gasteiger charge is 2.00. The van der Waals surface area contributed by atoms with E-state index in [4.69, 9.17) is 11.6 Å². The molecule has 0 amide bonds. The molecule has 2 N–H and O–H groups in total. The first-order valence-corrected chi connectivity index (χ1v) is 5.84. The molecule has 0 atom stereocenters. The zero-order valence-electron chi connectivity index (χ0n) is 10.6. The predicted molar refractivity (Wildman–Crippen MR) is 92.2 cm³/mol. The number of benzene rings is 1. The highest BCUT2D eigenvalue weighted by molar-refractivity contribution is 6.30. The Morgan fingerprint density at radius 2 is 1.76 bits per heavy atom. The molecule has 3 aromatic rings. The largest absolute Gasteiger partial charge is 0.366 e. The van der Waals surface area contributed by atoms with Crippen molar-refractivity contribution in [2.45, 2.75) is 6.54 Å². The third kappa shape index (κ3) is 4.89. The molecule has 1 aromatic carbocycles. The Labute approximate surface area is 145 Å². The van der Waals surface area contributed by atoms with Crippen molar-refractivity contribution in [3.05, 3.63) is 47.1 Å². The molecule has 0 bridgehead atoms. The molecule has 0 aliphatic heterocycles. The quantitative estimate of drug-likeness (QED) is 0.736. The summed E-state index contributed by atoms with van der Waals surface area (Å²) in [5.74, 6) is 0.791. The van der Waals surface area contributed by atoms with Crippen molar-refractivity contribution in [1.82, 2.24) is 20.4 Å². The highest BCUT2D eigenvalue weighted by atomic mass is 35.5. The van der Waals surface area contributed by atoms with Crippen molar-refractivity contribution in [3.8, 4) is 0 Å². The van der Waals surface area contributed by atoms with Gasteiger partial charge >= 0.3 is 0 Å². The molecule has 0 radical (unpaired) electrons. The molecule has 5 nitrogen and oxygen atoms in total. The third-order valence-electron chi connectivity index (χ3n) is 2.58. The Morgan fingerprint density at radius 3 is 2.48 bits per heavy atom. The number of pyridine rings is 1. The third-order valence-corrected chi connectivity index (χ3v) is 2.81. The summed E-state index contributed by atoms with van der Waals surface area (Å²) in [6.45, 7) is 0.678. The summed E-state index contributed by atoms with van der Waals surface area (Å²) in [6, 6.07) is 9.58. The van der Waals surface area contributed by atoms with Crippen molar-refractivity contribution < 1.29 is 0 Å². The maximum Gasteiger partial charge on any atom is 0.126 e. The summed E-state index contributed by atoms with van der Waals surface area (Å²) >= 11 is 5.77. The van der Waals surface area contributed by atoms with Gasteiger partial charge in [0.25, 0.3) is 0 Å². The lowest BCUT2D eigenvalue weighted by Gasteiger charge is -2.05. The van der Waals surface area contributed by atoms with Gasteiger partial charge in [0.1, 0.15) is 16.9 Å². The number of anilines is 1. The topological polar surface area (TPSA) is 66.5 Å². The molecular weight excluding hydrogens is 356 g/mol. The maximum atomic E-state index is 5.77. The van der Waals surface area contributed by atoms with E-state index < -0.39 is 0 Å². The zero-order valence-corrected chi connectivity index (χ0v) is 13.8.